The Morgan fingerprint density at radius 3 is 2.44 bits per heavy atom. The molecule has 2 nitrogen and oxygen atoms in total. The number of likely N-dealkylation sites (tertiary alicyclic amines) is 1. The molecule has 2 saturated carbocycles. The van der Waals surface area contributed by atoms with Crippen molar-refractivity contribution >= 4 is 0 Å². The molecule has 0 spiro atoms. The van der Waals surface area contributed by atoms with E-state index in [9.17, 15) is 0 Å². The van der Waals surface area contributed by atoms with E-state index in [2.05, 4.69) is 10.2 Å². The van der Waals surface area contributed by atoms with Crippen LogP contribution in [0, 0.1) is 5.92 Å². The van der Waals surface area contributed by atoms with Crippen molar-refractivity contribution in [2.24, 2.45) is 5.92 Å². The van der Waals surface area contributed by atoms with Gasteiger partial charge in [-0.2, -0.15) is 0 Å². The molecule has 0 aromatic carbocycles. The van der Waals surface area contributed by atoms with E-state index in [1.807, 2.05) is 0 Å². The Balaban J connectivity index is 1.38. The molecule has 0 aromatic rings. The third kappa shape index (κ3) is 2.98. The van der Waals surface area contributed by atoms with E-state index < -0.39 is 0 Å². The van der Waals surface area contributed by atoms with E-state index in [0.717, 1.165) is 18.0 Å². The van der Waals surface area contributed by atoms with E-state index in [-0.39, 0.29) is 0 Å². The van der Waals surface area contributed by atoms with Crippen molar-refractivity contribution in [2.45, 2.75) is 63.5 Å². The summed E-state index contributed by atoms with van der Waals surface area (Å²) in [7, 11) is 0. The minimum atomic E-state index is 0.816. The Kier molecular flexibility index (Phi) is 3.49. The molecule has 92 valence electrons. The van der Waals surface area contributed by atoms with Crippen molar-refractivity contribution in [1.82, 2.24) is 10.2 Å². The van der Waals surface area contributed by atoms with Crippen LogP contribution in [0.2, 0.25) is 0 Å². The van der Waals surface area contributed by atoms with Crippen molar-refractivity contribution in [2.75, 3.05) is 19.6 Å². The maximum atomic E-state index is 3.78. The molecular formula is C14H26N2. The Labute approximate surface area is 99.8 Å². The summed E-state index contributed by atoms with van der Waals surface area (Å²) in [5, 5.41) is 3.78. The molecule has 1 saturated heterocycles. The van der Waals surface area contributed by atoms with Crippen LogP contribution in [-0.2, 0) is 0 Å². The zero-order valence-electron chi connectivity index (χ0n) is 10.5. The number of hydrogen-bond acceptors (Lipinski definition) is 2. The van der Waals surface area contributed by atoms with Crippen molar-refractivity contribution in [3.05, 3.63) is 0 Å². The topological polar surface area (TPSA) is 15.3 Å². The first-order chi connectivity index (χ1) is 7.90. The van der Waals surface area contributed by atoms with Gasteiger partial charge >= 0.3 is 0 Å². The van der Waals surface area contributed by atoms with Crippen LogP contribution in [0.3, 0.4) is 0 Å². The molecule has 3 rings (SSSR count). The molecular weight excluding hydrogens is 196 g/mol. The van der Waals surface area contributed by atoms with Crippen molar-refractivity contribution in [1.29, 1.82) is 0 Å². The molecule has 0 aromatic heterocycles. The molecule has 1 unspecified atom stereocenters. The molecule has 1 heterocycles. The maximum absolute atomic E-state index is 3.78. The molecule has 1 atom stereocenters. The number of nitrogens with zero attached hydrogens (tertiary/aromatic N) is 1. The second-order valence-corrected chi connectivity index (χ2v) is 6.19. The van der Waals surface area contributed by atoms with Gasteiger partial charge < -0.3 is 10.2 Å². The lowest BCUT2D eigenvalue weighted by molar-refractivity contribution is 0.230. The molecule has 0 amide bonds. The Morgan fingerprint density at radius 1 is 0.875 bits per heavy atom. The van der Waals surface area contributed by atoms with Crippen LogP contribution in [0.25, 0.3) is 0 Å². The lowest BCUT2D eigenvalue weighted by Crippen LogP contribution is -2.35. The van der Waals surface area contributed by atoms with Crippen LogP contribution in [0.1, 0.15) is 51.4 Å². The van der Waals surface area contributed by atoms with Gasteiger partial charge in [0.15, 0.2) is 0 Å². The smallest absolute Gasteiger partial charge is 0.0209 e. The van der Waals surface area contributed by atoms with Gasteiger partial charge in [-0.15, -0.1) is 0 Å². The zero-order valence-corrected chi connectivity index (χ0v) is 10.5. The van der Waals surface area contributed by atoms with Gasteiger partial charge in [0, 0.05) is 25.2 Å². The minimum absolute atomic E-state index is 0.816. The summed E-state index contributed by atoms with van der Waals surface area (Å²) in [5.41, 5.74) is 0. The van der Waals surface area contributed by atoms with Crippen LogP contribution in [0.15, 0.2) is 0 Å². The van der Waals surface area contributed by atoms with Gasteiger partial charge in [0.05, 0.1) is 0 Å². The molecule has 1 N–H and O–H groups in total. The lowest BCUT2D eigenvalue weighted by atomic mass is 9.89. The molecule has 1 aliphatic heterocycles. The lowest BCUT2D eigenvalue weighted by Gasteiger charge is -2.26. The fourth-order valence-corrected chi connectivity index (χ4v) is 3.45. The number of nitrogens with one attached hydrogen (secondary N) is 1. The predicted octanol–water partition coefficient (Wildman–Crippen LogP) is 2.39. The Hall–Kier alpha value is -0.0800. The number of rotatable bonds is 4. The average molecular weight is 222 g/mol. The van der Waals surface area contributed by atoms with Gasteiger partial charge in [-0.05, 0) is 44.6 Å². The predicted molar refractivity (Wildman–Crippen MR) is 67.6 cm³/mol. The van der Waals surface area contributed by atoms with Crippen LogP contribution >= 0.6 is 0 Å². The van der Waals surface area contributed by atoms with Crippen molar-refractivity contribution in [3.63, 3.8) is 0 Å². The summed E-state index contributed by atoms with van der Waals surface area (Å²) in [4.78, 5) is 2.72. The summed E-state index contributed by atoms with van der Waals surface area (Å²) in [6.45, 7) is 4.07. The van der Waals surface area contributed by atoms with Gasteiger partial charge in [-0.3, -0.25) is 0 Å². The molecule has 0 bridgehead atoms. The highest BCUT2D eigenvalue weighted by atomic mass is 15.2. The molecule has 2 aliphatic carbocycles. The quantitative estimate of drug-likeness (QED) is 0.786. The van der Waals surface area contributed by atoms with Gasteiger partial charge in [0.1, 0.15) is 0 Å². The third-order valence-electron chi connectivity index (χ3n) is 4.56. The highest BCUT2D eigenvalue weighted by molar-refractivity contribution is 4.90. The normalized spacial score (nSPS) is 33.4. The highest BCUT2D eigenvalue weighted by Crippen LogP contribution is 2.26. The van der Waals surface area contributed by atoms with Crippen LogP contribution < -0.4 is 5.32 Å². The first kappa shape index (κ1) is 11.0. The zero-order chi connectivity index (χ0) is 10.8. The molecule has 3 aliphatic rings. The second kappa shape index (κ2) is 5.05. The van der Waals surface area contributed by atoms with Crippen molar-refractivity contribution < 1.29 is 0 Å². The van der Waals surface area contributed by atoms with E-state index in [1.165, 1.54) is 71.0 Å². The van der Waals surface area contributed by atoms with Crippen LogP contribution in [0.5, 0.6) is 0 Å². The van der Waals surface area contributed by atoms with E-state index in [0.29, 0.717) is 0 Å². The van der Waals surface area contributed by atoms with E-state index >= 15 is 0 Å². The molecule has 2 heteroatoms. The first-order valence-corrected chi connectivity index (χ1v) is 7.38. The summed E-state index contributed by atoms with van der Waals surface area (Å²) in [5.74, 6) is 1.02. The van der Waals surface area contributed by atoms with Crippen LogP contribution in [-0.4, -0.2) is 36.6 Å². The standard InChI is InChI=1S/C14H26N2/c1-2-4-12(5-3-1)10-16-9-8-14(11-16)15-13-6-7-13/h12-15H,1-11H2. The molecule has 0 radical (unpaired) electrons. The van der Waals surface area contributed by atoms with Crippen LogP contribution in [0.4, 0.5) is 0 Å². The number of hydrogen-bond donors (Lipinski definition) is 1. The largest absolute Gasteiger partial charge is 0.310 e. The Bertz CT molecular complexity index is 219. The monoisotopic (exact) mass is 222 g/mol. The highest BCUT2D eigenvalue weighted by Gasteiger charge is 2.30. The van der Waals surface area contributed by atoms with Gasteiger partial charge in [0.2, 0.25) is 0 Å². The fourth-order valence-electron chi connectivity index (χ4n) is 3.45. The summed E-state index contributed by atoms with van der Waals surface area (Å²) >= 11 is 0. The fraction of sp³-hybridized carbons (Fsp3) is 1.00. The maximum Gasteiger partial charge on any atom is 0.0209 e. The van der Waals surface area contributed by atoms with Crippen molar-refractivity contribution in [3.8, 4) is 0 Å². The molecule has 3 fully saturated rings. The van der Waals surface area contributed by atoms with Gasteiger partial charge in [-0.25, -0.2) is 0 Å². The summed E-state index contributed by atoms with van der Waals surface area (Å²) in [6.07, 6.45) is 11.7. The van der Waals surface area contributed by atoms with Gasteiger partial charge in [0.25, 0.3) is 0 Å². The molecule has 16 heavy (non-hydrogen) atoms. The average Bonchev–Trinajstić information content (AvgIpc) is 3.01. The SMILES string of the molecule is C1CCC(CN2CCC(NC3CC3)C2)CC1. The third-order valence-corrected chi connectivity index (χ3v) is 4.56. The van der Waals surface area contributed by atoms with E-state index in [4.69, 9.17) is 0 Å². The first-order valence-electron chi connectivity index (χ1n) is 7.38. The summed E-state index contributed by atoms with van der Waals surface area (Å²) in [6, 6.07) is 1.70. The van der Waals surface area contributed by atoms with E-state index in [1.54, 1.807) is 0 Å². The Morgan fingerprint density at radius 2 is 1.69 bits per heavy atom. The second-order valence-electron chi connectivity index (χ2n) is 6.19. The summed E-state index contributed by atoms with van der Waals surface area (Å²) < 4.78 is 0. The van der Waals surface area contributed by atoms with Gasteiger partial charge in [-0.1, -0.05) is 19.3 Å². The minimum Gasteiger partial charge on any atom is -0.310 e.